The van der Waals surface area contributed by atoms with Gasteiger partial charge in [-0.05, 0) is 130 Å². The number of halogens is 24. The molecule has 0 saturated heterocycles. The van der Waals surface area contributed by atoms with Crippen molar-refractivity contribution in [3.8, 4) is 22.3 Å². The molecule has 0 fully saturated rings. The predicted molar refractivity (Wildman–Crippen MR) is 218 cm³/mol. The number of amides is 4. The predicted octanol–water partition coefficient (Wildman–Crippen LogP) is 15.6. The van der Waals surface area contributed by atoms with Gasteiger partial charge in [-0.15, -0.1) is 0 Å². The smallest absolute Gasteiger partial charge is 0.295 e. The van der Waals surface area contributed by atoms with Crippen LogP contribution in [0.25, 0.3) is 33.0 Å². The number of carbonyl (C=O) groups excluding carboxylic acids is 4. The maximum absolute atomic E-state index is 15.0. The third-order valence-electron chi connectivity index (χ3n) is 11.7. The molecule has 0 aromatic heterocycles. The number of nitrogens with one attached hydrogen (secondary N) is 1. The van der Waals surface area contributed by atoms with Crippen LogP contribution in [0.3, 0.4) is 0 Å². The summed E-state index contributed by atoms with van der Waals surface area (Å²) in [5.74, 6) is -6.24. The number of hydrogen-bond acceptors (Lipinski definition) is 4. The highest BCUT2D eigenvalue weighted by atomic mass is 19.4. The van der Waals surface area contributed by atoms with E-state index >= 15 is 0 Å². The van der Waals surface area contributed by atoms with Crippen LogP contribution in [-0.4, -0.2) is 29.0 Å². The molecule has 0 spiro atoms. The molecule has 4 amide bonds. The fraction of sp³-hybridized carbons (Fsp3) is 0.208. The second-order valence-corrected chi connectivity index (χ2v) is 16.9. The fourth-order valence-corrected chi connectivity index (χ4v) is 8.43. The van der Waals surface area contributed by atoms with Crippen molar-refractivity contribution in [1.29, 1.82) is 0 Å². The van der Waals surface area contributed by atoms with Crippen LogP contribution >= 0.6 is 0 Å². The molecule has 30 heteroatoms. The van der Waals surface area contributed by atoms with E-state index in [-0.39, 0.29) is 65.6 Å². The van der Waals surface area contributed by atoms with E-state index in [0.717, 1.165) is 0 Å². The third-order valence-corrected chi connectivity index (χ3v) is 11.7. The van der Waals surface area contributed by atoms with Crippen molar-refractivity contribution in [2.24, 2.45) is 0 Å². The van der Waals surface area contributed by atoms with Crippen molar-refractivity contribution in [3.05, 3.63) is 163 Å². The Labute approximate surface area is 416 Å². The van der Waals surface area contributed by atoms with Crippen molar-refractivity contribution in [3.63, 3.8) is 0 Å². The Morgan fingerprint density at radius 1 is 0.397 bits per heavy atom. The summed E-state index contributed by atoms with van der Waals surface area (Å²) in [6, 6.07) is -2.78. The summed E-state index contributed by atoms with van der Waals surface area (Å²) < 4.78 is 343. The Bertz CT molecular complexity index is 3330. The van der Waals surface area contributed by atoms with Gasteiger partial charge in [0.15, 0.2) is 0 Å². The first-order valence-corrected chi connectivity index (χ1v) is 20.8. The molecule has 1 aliphatic rings. The minimum absolute atomic E-state index is 0.0814. The summed E-state index contributed by atoms with van der Waals surface area (Å²) in [6.07, 6.45) is -48.3. The van der Waals surface area contributed by atoms with Gasteiger partial charge in [-0.2, -0.15) is 105 Å². The zero-order valence-corrected chi connectivity index (χ0v) is 37.2. The second-order valence-electron chi connectivity index (χ2n) is 16.9. The average molecular weight is 1140 g/mol. The van der Waals surface area contributed by atoms with Gasteiger partial charge in [-0.25, -0.2) is 0 Å². The molecule has 0 bridgehead atoms. The zero-order chi connectivity index (χ0) is 58.6. The summed E-state index contributed by atoms with van der Waals surface area (Å²) in [5.41, 5.74) is -31.7. The first-order valence-electron chi connectivity index (χ1n) is 20.8. The van der Waals surface area contributed by atoms with Gasteiger partial charge in [0.25, 0.3) is 17.7 Å². The van der Waals surface area contributed by atoms with Crippen LogP contribution in [0.1, 0.15) is 92.3 Å². The van der Waals surface area contributed by atoms with Gasteiger partial charge in [-0.1, -0.05) is 0 Å². The monoisotopic (exact) mass is 1140 g/mol. The molecule has 6 nitrogen and oxygen atoms in total. The highest BCUT2D eigenvalue weighted by Crippen LogP contribution is 2.49. The van der Waals surface area contributed by atoms with Gasteiger partial charge in [0.2, 0.25) is 6.41 Å². The number of carbonyl (C=O) groups is 4. The summed E-state index contributed by atoms with van der Waals surface area (Å²) >= 11 is 0. The lowest BCUT2D eigenvalue weighted by Gasteiger charge is -2.32. The number of rotatable bonds is 8. The van der Waals surface area contributed by atoms with E-state index in [0.29, 0.717) is 0 Å². The molecule has 0 atom stereocenters. The van der Waals surface area contributed by atoms with Crippen LogP contribution in [-0.2, 0) is 67.2 Å². The van der Waals surface area contributed by atoms with Crippen molar-refractivity contribution in [2.75, 3.05) is 0 Å². The van der Waals surface area contributed by atoms with E-state index in [4.69, 9.17) is 0 Å². The highest BCUT2D eigenvalue weighted by Gasteiger charge is 2.45. The summed E-state index contributed by atoms with van der Waals surface area (Å²) in [6.45, 7) is -1.84. The Morgan fingerprint density at radius 2 is 0.731 bits per heavy atom. The van der Waals surface area contributed by atoms with Gasteiger partial charge in [-0.3, -0.25) is 29.4 Å². The SMILES string of the molecule is O=CNC(=O)c1cc(-c2cc(C(F)(F)F)cc(C(F)(F)F)c2)c2c3c(cc(-c4cc(C(F)(F)F)cc(C(F)(F)F)c4)c(Cc4cc(C(F)(F)F)cc(C(F)(F)F)c4)c13)C(=O)N(Cc1cc(C(F)(F)F)cc(C(F)(F)F)c1)C2=O. The van der Waals surface area contributed by atoms with E-state index in [9.17, 15) is 125 Å². The van der Waals surface area contributed by atoms with Crippen molar-refractivity contribution in [1.82, 2.24) is 10.2 Å². The Balaban J connectivity index is 1.76. The molecular formula is C48H20F24N2O4. The molecule has 7 rings (SSSR count). The first-order chi connectivity index (χ1) is 35.4. The molecule has 0 saturated carbocycles. The minimum Gasteiger partial charge on any atom is -0.295 e. The standard InChI is InChI=1S/C48H20F24N2O4/c49-41(50,51)22-1-18(2-23(10-22)42(52,53)54)5-32-30(20-6-26(45(61,62)63)12-27(7-20)46(64,65)66)14-34-36-35(32)33(38(76)73-17-75)15-31(21-8-28(47(67,68)69)13-29(9-21)48(70,71)72)37(36)40(78)74(39(34)77)16-19-3-24(43(55,56)57)11-25(4-19)44(58,59)60/h1-4,6-15,17H,5,16H2,(H,73,75,76). The zero-order valence-electron chi connectivity index (χ0n) is 37.2. The number of benzene rings is 6. The van der Waals surface area contributed by atoms with Gasteiger partial charge in [0.1, 0.15) is 0 Å². The topological polar surface area (TPSA) is 83.6 Å². The van der Waals surface area contributed by atoms with E-state index in [2.05, 4.69) is 0 Å². The number of imide groups is 2. The van der Waals surface area contributed by atoms with Gasteiger partial charge in [0, 0.05) is 21.9 Å². The van der Waals surface area contributed by atoms with Crippen LogP contribution in [0.4, 0.5) is 105 Å². The van der Waals surface area contributed by atoms with Crippen LogP contribution in [0, 0.1) is 0 Å². The van der Waals surface area contributed by atoms with E-state index in [1.807, 2.05) is 0 Å². The molecule has 6 aromatic rings. The third kappa shape index (κ3) is 11.6. The first kappa shape index (κ1) is 57.9. The molecule has 0 unspecified atom stereocenters. The average Bonchev–Trinajstić information content (AvgIpc) is 3.29. The quantitative estimate of drug-likeness (QED) is 0.0935. The van der Waals surface area contributed by atoms with E-state index in [1.165, 1.54) is 5.32 Å². The lowest BCUT2D eigenvalue weighted by molar-refractivity contribution is -0.144. The largest absolute Gasteiger partial charge is 0.416 e. The number of alkyl halides is 24. The van der Waals surface area contributed by atoms with Crippen LogP contribution < -0.4 is 5.32 Å². The molecule has 78 heavy (non-hydrogen) atoms. The molecule has 1 aliphatic heterocycles. The lowest BCUT2D eigenvalue weighted by atomic mass is 9.78. The molecule has 1 heterocycles. The van der Waals surface area contributed by atoms with Crippen LogP contribution in [0.2, 0.25) is 0 Å². The molecule has 6 aromatic carbocycles. The van der Waals surface area contributed by atoms with E-state index < -0.39 is 222 Å². The molecule has 0 radical (unpaired) electrons. The van der Waals surface area contributed by atoms with Crippen molar-refractivity contribution in [2.45, 2.75) is 62.4 Å². The highest BCUT2D eigenvalue weighted by molar-refractivity contribution is 6.31. The maximum Gasteiger partial charge on any atom is 0.416 e. The van der Waals surface area contributed by atoms with E-state index in [1.54, 1.807) is 0 Å². The molecule has 414 valence electrons. The Kier molecular flexibility index (Phi) is 14.1. The summed E-state index contributed by atoms with van der Waals surface area (Å²) in [4.78, 5) is 55.3. The molecule has 0 aliphatic carbocycles. The van der Waals surface area contributed by atoms with Crippen molar-refractivity contribution < 1.29 is 125 Å². The van der Waals surface area contributed by atoms with Gasteiger partial charge in [0.05, 0.1) is 56.6 Å². The summed E-state index contributed by atoms with van der Waals surface area (Å²) in [5, 5.41) is -1.35. The fourth-order valence-electron chi connectivity index (χ4n) is 8.43. The van der Waals surface area contributed by atoms with Gasteiger partial charge >= 0.3 is 49.4 Å². The lowest BCUT2D eigenvalue weighted by Crippen LogP contribution is -2.40. The number of nitrogens with zero attached hydrogens (tertiary/aromatic N) is 1. The molecule has 1 N–H and O–H groups in total. The normalized spacial score (nSPS) is 14.1. The Morgan fingerprint density at radius 3 is 1.08 bits per heavy atom. The Hall–Kier alpha value is -7.82. The van der Waals surface area contributed by atoms with Crippen LogP contribution in [0.15, 0.2) is 84.9 Å². The van der Waals surface area contributed by atoms with Crippen molar-refractivity contribution >= 4 is 34.9 Å². The second kappa shape index (κ2) is 19.0. The summed E-state index contributed by atoms with van der Waals surface area (Å²) in [7, 11) is 0. The maximum atomic E-state index is 15.0. The molecular weight excluding hydrogens is 1120 g/mol. The number of hydrogen-bond donors (Lipinski definition) is 1. The van der Waals surface area contributed by atoms with Crippen LogP contribution in [0.5, 0.6) is 0 Å². The minimum atomic E-state index is -5.82. The van der Waals surface area contributed by atoms with Gasteiger partial charge < -0.3 is 0 Å².